The number of hydrogen-bond donors (Lipinski definition) is 0. The molecule has 0 saturated heterocycles. The van der Waals surface area contributed by atoms with Crippen molar-refractivity contribution in [3.63, 3.8) is 0 Å². The summed E-state index contributed by atoms with van der Waals surface area (Å²) in [5.41, 5.74) is 4.17. The molecule has 0 N–H and O–H groups in total. The molecule has 5 nitrogen and oxygen atoms in total. The average molecular weight is 334 g/mol. The molecule has 2 heterocycles. The van der Waals surface area contributed by atoms with Gasteiger partial charge in [0, 0.05) is 25.0 Å². The van der Waals surface area contributed by atoms with Crippen molar-refractivity contribution in [3.8, 4) is 0 Å². The molecule has 0 atom stereocenters. The lowest BCUT2D eigenvalue weighted by Gasteiger charge is -2.20. The first-order chi connectivity index (χ1) is 12.1. The van der Waals surface area contributed by atoms with E-state index in [4.69, 9.17) is 0 Å². The number of hydrazone groups is 1. The van der Waals surface area contributed by atoms with Crippen LogP contribution in [0.25, 0.3) is 6.08 Å². The van der Waals surface area contributed by atoms with Crippen LogP contribution < -0.4 is 9.91 Å². The molecular formula is C20H22N4O. The van der Waals surface area contributed by atoms with Crippen molar-refractivity contribution in [1.29, 1.82) is 0 Å². The van der Waals surface area contributed by atoms with Crippen LogP contribution in [0, 0.1) is 0 Å². The van der Waals surface area contributed by atoms with Crippen LogP contribution in [0.5, 0.6) is 0 Å². The summed E-state index contributed by atoms with van der Waals surface area (Å²) in [6.07, 6.45) is 5.20. The maximum atomic E-state index is 12.7. The van der Waals surface area contributed by atoms with Crippen LogP contribution in [0.15, 0.2) is 59.5 Å². The standard InChI is InChI=1S/C20H22N4O/c1-4-23(5-2)17-10-8-16(9-11-17)13-19-15(3)22-24(20(19)25)18-7-6-12-21-14-18/h6-14H,4-5H2,1-3H3. The number of amides is 1. The van der Waals surface area contributed by atoms with Crippen molar-refractivity contribution >= 4 is 29.1 Å². The van der Waals surface area contributed by atoms with E-state index in [1.54, 1.807) is 18.5 Å². The molecule has 3 rings (SSSR count). The summed E-state index contributed by atoms with van der Waals surface area (Å²) in [4.78, 5) is 19.0. The topological polar surface area (TPSA) is 48.8 Å². The molecule has 0 bridgehead atoms. The van der Waals surface area contributed by atoms with Gasteiger partial charge in [0.05, 0.1) is 23.2 Å². The van der Waals surface area contributed by atoms with E-state index in [-0.39, 0.29) is 5.91 Å². The Bertz CT molecular complexity index is 805. The van der Waals surface area contributed by atoms with E-state index in [1.807, 2.05) is 31.2 Å². The van der Waals surface area contributed by atoms with E-state index in [9.17, 15) is 4.79 Å². The van der Waals surface area contributed by atoms with Gasteiger partial charge in [-0.25, -0.2) is 0 Å². The molecule has 25 heavy (non-hydrogen) atoms. The molecule has 0 fully saturated rings. The lowest BCUT2D eigenvalue weighted by molar-refractivity contribution is -0.114. The minimum Gasteiger partial charge on any atom is -0.372 e. The monoisotopic (exact) mass is 334 g/mol. The Hall–Kier alpha value is -2.95. The summed E-state index contributed by atoms with van der Waals surface area (Å²) in [5, 5.41) is 5.77. The first-order valence-corrected chi connectivity index (χ1v) is 8.50. The number of carbonyl (C=O) groups excluding carboxylic acids is 1. The van der Waals surface area contributed by atoms with Gasteiger partial charge < -0.3 is 4.90 Å². The van der Waals surface area contributed by atoms with E-state index in [2.05, 4.69) is 41.0 Å². The van der Waals surface area contributed by atoms with Gasteiger partial charge in [-0.15, -0.1) is 0 Å². The first kappa shape index (κ1) is 16.9. The fraction of sp³-hybridized carbons (Fsp3) is 0.250. The highest BCUT2D eigenvalue weighted by Crippen LogP contribution is 2.24. The number of pyridine rings is 1. The van der Waals surface area contributed by atoms with Crippen LogP contribution in [0.3, 0.4) is 0 Å². The molecule has 0 radical (unpaired) electrons. The first-order valence-electron chi connectivity index (χ1n) is 8.50. The Balaban J connectivity index is 1.84. The predicted molar refractivity (Wildman–Crippen MR) is 103 cm³/mol. The normalized spacial score (nSPS) is 15.6. The molecule has 0 saturated carbocycles. The molecule has 1 amide bonds. The fourth-order valence-corrected chi connectivity index (χ4v) is 2.88. The zero-order valence-electron chi connectivity index (χ0n) is 14.8. The molecule has 0 unspecified atom stereocenters. The smallest absolute Gasteiger partial charge is 0.280 e. The largest absolute Gasteiger partial charge is 0.372 e. The molecule has 0 spiro atoms. The zero-order chi connectivity index (χ0) is 17.8. The van der Waals surface area contributed by atoms with Crippen molar-refractivity contribution in [1.82, 2.24) is 4.98 Å². The van der Waals surface area contributed by atoms with E-state index in [1.165, 1.54) is 10.7 Å². The maximum Gasteiger partial charge on any atom is 0.280 e. The minimum atomic E-state index is -0.127. The van der Waals surface area contributed by atoms with Crippen LogP contribution in [-0.2, 0) is 4.79 Å². The van der Waals surface area contributed by atoms with E-state index in [0.29, 0.717) is 17.0 Å². The summed E-state index contributed by atoms with van der Waals surface area (Å²) in [6.45, 7) is 8.08. The van der Waals surface area contributed by atoms with Crippen LogP contribution in [-0.4, -0.2) is 29.7 Å². The Morgan fingerprint density at radius 1 is 1.12 bits per heavy atom. The molecule has 0 aliphatic carbocycles. The molecular weight excluding hydrogens is 312 g/mol. The number of nitrogens with zero attached hydrogens (tertiary/aromatic N) is 4. The Morgan fingerprint density at radius 2 is 1.84 bits per heavy atom. The van der Waals surface area contributed by atoms with E-state index >= 15 is 0 Å². The minimum absolute atomic E-state index is 0.127. The van der Waals surface area contributed by atoms with Crippen molar-refractivity contribution in [2.75, 3.05) is 23.0 Å². The van der Waals surface area contributed by atoms with Crippen molar-refractivity contribution in [2.45, 2.75) is 20.8 Å². The second kappa shape index (κ2) is 7.30. The molecule has 1 aromatic carbocycles. The quantitative estimate of drug-likeness (QED) is 0.783. The third kappa shape index (κ3) is 3.45. The van der Waals surface area contributed by atoms with E-state index < -0.39 is 0 Å². The highest BCUT2D eigenvalue weighted by Gasteiger charge is 2.28. The third-order valence-electron chi connectivity index (χ3n) is 4.29. The highest BCUT2D eigenvalue weighted by molar-refractivity contribution is 6.32. The number of anilines is 2. The molecule has 1 aliphatic rings. The van der Waals surface area contributed by atoms with Gasteiger partial charge in [-0.3, -0.25) is 9.78 Å². The lowest BCUT2D eigenvalue weighted by Crippen LogP contribution is -2.21. The van der Waals surface area contributed by atoms with Crippen LogP contribution >= 0.6 is 0 Å². The second-order valence-corrected chi connectivity index (χ2v) is 5.84. The number of aromatic nitrogens is 1. The van der Waals surface area contributed by atoms with Gasteiger partial charge >= 0.3 is 0 Å². The third-order valence-corrected chi connectivity index (χ3v) is 4.29. The Morgan fingerprint density at radius 3 is 2.44 bits per heavy atom. The lowest BCUT2D eigenvalue weighted by atomic mass is 10.1. The van der Waals surface area contributed by atoms with Gasteiger partial charge in [0.1, 0.15) is 0 Å². The van der Waals surface area contributed by atoms with Crippen LogP contribution in [0.4, 0.5) is 11.4 Å². The predicted octanol–water partition coefficient (Wildman–Crippen LogP) is 3.73. The fourth-order valence-electron chi connectivity index (χ4n) is 2.88. The number of hydrogen-bond acceptors (Lipinski definition) is 4. The van der Waals surface area contributed by atoms with Crippen molar-refractivity contribution < 1.29 is 4.79 Å². The van der Waals surface area contributed by atoms with Gasteiger partial charge in [-0.2, -0.15) is 10.1 Å². The van der Waals surface area contributed by atoms with Gasteiger partial charge in [0.2, 0.25) is 0 Å². The van der Waals surface area contributed by atoms with Gasteiger partial charge in [-0.05, 0) is 56.7 Å². The Kier molecular flexibility index (Phi) is 4.93. The molecule has 1 aliphatic heterocycles. The summed E-state index contributed by atoms with van der Waals surface area (Å²) in [5.74, 6) is -0.127. The number of benzene rings is 1. The molecule has 5 heteroatoms. The average Bonchev–Trinajstić information content (AvgIpc) is 2.93. The van der Waals surface area contributed by atoms with E-state index in [0.717, 1.165) is 18.7 Å². The molecule has 2 aromatic rings. The van der Waals surface area contributed by atoms with Gasteiger partial charge in [0.15, 0.2) is 0 Å². The summed E-state index contributed by atoms with van der Waals surface area (Å²) < 4.78 is 0. The van der Waals surface area contributed by atoms with Crippen molar-refractivity contribution in [3.05, 3.63) is 59.9 Å². The molecule has 128 valence electrons. The SMILES string of the molecule is CCN(CC)c1ccc(C=C2C(=O)N(c3cccnc3)N=C2C)cc1. The highest BCUT2D eigenvalue weighted by atomic mass is 16.2. The molecule has 1 aromatic heterocycles. The maximum absolute atomic E-state index is 12.7. The zero-order valence-corrected chi connectivity index (χ0v) is 14.8. The second-order valence-electron chi connectivity index (χ2n) is 5.84. The van der Waals surface area contributed by atoms with Gasteiger partial charge in [-0.1, -0.05) is 12.1 Å². The summed E-state index contributed by atoms with van der Waals surface area (Å²) in [7, 11) is 0. The van der Waals surface area contributed by atoms with Gasteiger partial charge in [0.25, 0.3) is 5.91 Å². The summed E-state index contributed by atoms with van der Waals surface area (Å²) in [6, 6.07) is 11.9. The summed E-state index contributed by atoms with van der Waals surface area (Å²) >= 11 is 0. The Labute approximate surface area is 148 Å². The number of rotatable bonds is 5. The van der Waals surface area contributed by atoms with Crippen molar-refractivity contribution in [2.24, 2.45) is 5.10 Å². The van der Waals surface area contributed by atoms with Crippen LogP contribution in [0.2, 0.25) is 0 Å². The number of carbonyl (C=O) groups is 1. The van der Waals surface area contributed by atoms with Crippen LogP contribution in [0.1, 0.15) is 26.3 Å².